The maximum absolute atomic E-state index is 13.3. The number of nitrogens with one attached hydrogen (secondary N) is 1. The van der Waals surface area contributed by atoms with Gasteiger partial charge < -0.3 is 14.7 Å². The topological polar surface area (TPSA) is 112 Å². The molecule has 4 rings (SSSR count). The van der Waals surface area contributed by atoms with Crippen LogP contribution in [0.5, 0.6) is 5.75 Å². The second-order valence-electron chi connectivity index (χ2n) is 9.31. The third kappa shape index (κ3) is 6.31. The number of fused-ring (bicyclic) bond motifs is 1. The van der Waals surface area contributed by atoms with Gasteiger partial charge in [0.15, 0.2) is 6.61 Å². The number of amides is 1. The van der Waals surface area contributed by atoms with E-state index in [1.165, 1.54) is 0 Å². The summed E-state index contributed by atoms with van der Waals surface area (Å²) in [5.41, 5.74) is 2.92. The number of hydrogen-bond acceptors (Lipinski definition) is 7. The molecule has 2 atom stereocenters. The van der Waals surface area contributed by atoms with Gasteiger partial charge in [-0.2, -0.15) is 0 Å². The molecule has 9 nitrogen and oxygen atoms in total. The van der Waals surface area contributed by atoms with Crippen LogP contribution in [0, 0.1) is 6.92 Å². The van der Waals surface area contributed by atoms with Crippen LogP contribution in [0.25, 0.3) is 10.9 Å². The Kier molecular flexibility index (Phi) is 7.77. The average Bonchev–Trinajstić information content (AvgIpc) is 3.25. The zero-order valence-electron chi connectivity index (χ0n) is 20.7. The Morgan fingerprint density at radius 2 is 2.08 bits per heavy atom. The second-order valence-corrected chi connectivity index (χ2v) is 11.1. The molecule has 0 aliphatic carbocycles. The fourth-order valence-electron chi connectivity index (χ4n) is 4.52. The third-order valence-corrected chi connectivity index (χ3v) is 6.93. The fraction of sp³-hybridized carbons (Fsp3) is 0.385. The fourth-order valence-corrected chi connectivity index (χ4v) is 5.09. The minimum Gasteiger partial charge on any atom is -0.483 e. The van der Waals surface area contributed by atoms with Crippen LogP contribution in [-0.2, 0) is 14.8 Å². The Labute approximate surface area is 211 Å². The van der Waals surface area contributed by atoms with Crippen LogP contribution in [0.3, 0.4) is 0 Å². The number of carbonyl (C=O) groups is 1. The van der Waals surface area contributed by atoms with E-state index < -0.39 is 10.0 Å². The lowest BCUT2D eigenvalue weighted by Gasteiger charge is -2.32. The summed E-state index contributed by atoms with van der Waals surface area (Å²) in [6.45, 7) is 3.82. The average molecular weight is 513 g/mol. The van der Waals surface area contributed by atoms with Gasteiger partial charge in [-0.05, 0) is 43.2 Å². The van der Waals surface area contributed by atoms with Crippen LogP contribution in [0.4, 0.5) is 5.69 Å². The van der Waals surface area contributed by atoms with Gasteiger partial charge in [-0.3, -0.25) is 19.4 Å². The molecule has 2 N–H and O–H groups in total. The number of hydrogen-bond donors (Lipinski definition) is 2. The van der Waals surface area contributed by atoms with Crippen molar-refractivity contribution in [1.29, 1.82) is 0 Å². The van der Waals surface area contributed by atoms with E-state index >= 15 is 0 Å². The standard InChI is InChI=1S/C26H32N4O5S/c1-18-6-4-7-19(14-18)23(16-30-13-11-20(31)15-30)29(2)25(32)17-35-24-10-9-22(28-36(3,33)34)26-21(24)8-5-12-27-26/h4-10,12,14,20,23,28,31H,11,13,15-17H2,1-3H3/t20-,23?/m0/s1. The molecule has 2 heterocycles. The summed E-state index contributed by atoms with van der Waals surface area (Å²) in [5.74, 6) is 0.241. The summed E-state index contributed by atoms with van der Waals surface area (Å²) in [5, 5.41) is 10.6. The molecule has 36 heavy (non-hydrogen) atoms. The van der Waals surface area contributed by atoms with Crippen LogP contribution in [0.15, 0.2) is 54.7 Å². The third-order valence-electron chi connectivity index (χ3n) is 6.34. The molecular formula is C26H32N4O5S. The first-order valence-electron chi connectivity index (χ1n) is 11.8. The number of anilines is 1. The van der Waals surface area contributed by atoms with Crippen LogP contribution < -0.4 is 9.46 Å². The number of likely N-dealkylation sites (N-methyl/N-ethyl adjacent to an activating group) is 1. The molecule has 1 aliphatic rings. The van der Waals surface area contributed by atoms with Crippen molar-refractivity contribution < 1.29 is 23.1 Å². The van der Waals surface area contributed by atoms with Crippen molar-refractivity contribution in [3.63, 3.8) is 0 Å². The van der Waals surface area contributed by atoms with Crippen molar-refractivity contribution in [3.05, 3.63) is 65.9 Å². The monoisotopic (exact) mass is 512 g/mol. The van der Waals surface area contributed by atoms with E-state index in [0.29, 0.717) is 35.4 Å². The lowest BCUT2D eigenvalue weighted by molar-refractivity contribution is -0.134. The number of ether oxygens (including phenoxy) is 1. The van der Waals surface area contributed by atoms with Crippen molar-refractivity contribution in [1.82, 2.24) is 14.8 Å². The van der Waals surface area contributed by atoms with Crippen molar-refractivity contribution in [2.24, 2.45) is 0 Å². The van der Waals surface area contributed by atoms with Gasteiger partial charge in [-0.25, -0.2) is 8.42 Å². The van der Waals surface area contributed by atoms with Gasteiger partial charge in [0, 0.05) is 38.3 Å². The quantitative estimate of drug-likeness (QED) is 0.453. The zero-order chi connectivity index (χ0) is 25.9. The number of rotatable bonds is 9. The van der Waals surface area contributed by atoms with Gasteiger partial charge in [0.05, 0.1) is 29.6 Å². The largest absolute Gasteiger partial charge is 0.483 e. The molecule has 0 radical (unpaired) electrons. The smallest absolute Gasteiger partial charge is 0.260 e. The summed E-state index contributed by atoms with van der Waals surface area (Å²) < 4.78 is 31.8. The highest BCUT2D eigenvalue weighted by atomic mass is 32.2. The van der Waals surface area contributed by atoms with Crippen LogP contribution in [0.2, 0.25) is 0 Å². The van der Waals surface area contributed by atoms with E-state index in [-0.39, 0.29) is 24.7 Å². The van der Waals surface area contributed by atoms with E-state index in [0.717, 1.165) is 30.3 Å². The normalized spacial score (nSPS) is 17.2. The Bertz CT molecular complexity index is 1350. The van der Waals surface area contributed by atoms with Gasteiger partial charge in [0.25, 0.3) is 5.91 Å². The first kappa shape index (κ1) is 25.9. The first-order valence-corrected chi connectivity index (χ1v) is 13.7. The van der Waals surface area contributed by atoms with E-state index in [2.05, 4.69) is 20.7 Å². The number of pyridine rings is 1. The summed E-state index contributed by atoms with van der Waals surface area (Å²) in [7, 11) is -1.71. The number of aromatic nitrogens is 1. The van der Waals surface area contributed by atoms with Gasteiger partial charge in [-0.1, -0.05) is 29.8 Å². The molecule has 1 unspecified atom stereocenters. The van der Waals surface area contributed by atoms with Crippen LogP contribution in [-0.4, -0.2) is 79.9 Å². The molecule has 10 heteroatoms. The molecule has 0 saturated carbocycles. The van der Waals surface area contributed by atoms with E-state index in [4.69, 9.17) is 4.74 Å². The highest BCUT2D eigenvalue weighted by molar-refractivity contribution is 7.92. The van der Waals surface area contributed by atoms with Gasteiger partial charge in [-0.15, -0.1) is 0 Å². The van der Waals surface area contributed by atoms with E-state index in [9.17, 15) is 18.3 Å². The van der Waals surface area contributed by atoms with Crippen molar-refractivity contribution in [2.75, 3.05) is 44.3 Å². The minimum absolute atomic E-state index is 0.190. The summed E-state index contributed by atoms with van der Waals surface area (Å²) in [6, 6.07) is 14.6. The van der Waals surface area contributed by atoms with E-state index in [1.54, 1.807) is 42.4 Å². The number of nitrogens with zero attached hydrogens (tertiary/aromatic N) is 3. The number of carbonyl (C=O) groups excluding carboxylic acids is 1. The number of aliphatic hydroxyl groups excluding tert-OH is 1. The lowest BCUT2D eigenvalue weighted by atomic mass is 10.0. The summed E-state index contributed by atoms with van der Waals surface area (Å²) in [6.07, 6.45) is 3.04. The van der Waals surface area contributed by atoms with E-state index in [1.807, 2.05) is 25.1 Å². The van der Waals surface area contributed by atoms with Crippen LogP contribution >= 0.6 is 0 Å². The zero-order valence-corrected chi connectivity index (χ0v) is 21.5. The summed E-state index contributed by atoms with van der Waals surface area (Å²) in [4.78, 5) is 21.4. The number of β-amino-alcohol motifs (C(OH)–C–C–N with tert-alkyl or cyclic N) is 1. The Morgan fingerprint density at radius 3 is 2.78 bits per heavy atom. The summed E-state index contributed by atoms with van der Waals surface area (Å²) >= 11 is 0. The maximum atomic E-state index is 13.3. The molecule has 2 aromatic carbocycles. The molecule has 0 bridgehead atoms. The maximum Gasteiger partial charge on any atom is 0.260 e. The van der Waals surface area contributed by atoms with Gasteiger partial charge >= 0.3 is 0 Å². The van der Waals surface area contributed by atoms with Gasteiger partial charge in [0.2, 0.25) is 10.0 Å². The van der Waals surface area contributed by atoms with Crippen molar-refractivity contribution in [3.8, 4) is 5.75 Å². The Hall–Kier alpha value is -3.21. The molecule has 1 fully saturated rings. The Morgan fingerprint density at radius 1 is 1.28 bits per heavy atom. The number of aryl methyl sites for hydroxylation is 1. The van der Waals surface area contributed by atoms with Crippen molar-refractivity contribution in [2.45, 2.75) is 25.5 Å². The Balaban J connectivity index is 1.52. The molecule has 3 aromatic rings. The predicted octanol–water partition coefficient (Wildman–Crippen LogP) is 2.56. The molecule has 192 valence electrons. The lowest BCUT2D eigenvalue weighted by Crippen LogP contribution is -2.41. The first-order chi connectivity index (χ1) is 17.1. The predicted molar refractivity (Wildman–Crippen MR) is 139 cm³/mol. The second kappa shape index (κ2) is 10.8. The molecule has 1 aromatic heterocycles. The SMILES string of the molecule is Cc1cccc(C(CN2CC[C@H](O)C2)N(C)C(=O)COc2ccc(NS(C)(=O)=O)c3ncccc23)c1. The van der Waals surface area contributed by atoms with Gasteiger partial charge in [0.1, 0.15) is 5.75 Å². The molecule has 0 spiro atoms. The highest BCUT2D eigenvalue weighted by Gasteiger charge is 2.28. The molecule has 1 aliphatic heterocycles. The van der Waals surface area contributed by atoms with Crippen LogP contribution in [0.1, 0.15) is 23.6 Å². The molecular weight excluding hydrogens is 480 g/mol. The number of benzene rings is 2. The molecule has 1 amide bonds. The minimum atomic E-state index is -3.48. The number of sulfonamides is 1. The van der Waals surface area contributed by atoms with Crippen molar-refractivity contribution >= 4 is 32.5 Å². The number of aliphatic hydroxyl groups is 1. The molecule has 1 saturated heterocycles. The highest BCUT2D eigenvalue weighted by Crippen LogP contribution is 2.31. The number of likely N-dealkylation sites (tertiary alicyclic amines) is 1.